The lowest BCUT2D eigenvalue weighted by atomic mass is 10.4. The highest BCUT2D eigenvalue weighted by molar-refractivity contribution is 9.11. The maximum Gasteiger partial charge on any atom is 0.347 e. The van der Waals surface area contributed by atoms with E-state index in [1.807, 2.05) is 12.1 Å². The smallest absolute Gasteiger partial charge is 0.347 e. The summed E-state index contributed by atoms with van der Waals surface area (Å²) < 4.78 is 1.01. The Morgan fingerprint density at radius 2 is 2.00 bits per heavy atom. The molecule has 0 unspecified atom stereocenters. The van der Waals surface area contributed by atoms with E-state index in [0.29, 0.717) is 17.2 Å². The Bertz CT molecular complexity index is 669. The van der Waals surface area contributed by atoms with Gasteiger partial charge in [0.25, 0.3) is 0 Å². The molecule has 0 saturated heterocycles. The molecule has 2 rings (SSSR count). The molecule has 2 amide bonds. The molecule has 0 spiro atoms. The summed E-state index contributed by atoms with van der Waals surface area (Å²) in [5.74, 6) is -0.996. The van der Waals surface area contributed by atoms with Crippen LogP contribution in [0.15, 0.2) is 15.9 Å². The minimum absolute atomic E-state index is 0.204. The maximum absolute atomic E-state index is 11.7. The molecular weight excluding hydrogens is 378 g/mol. The Morgan fingerprint density at radius 1 is 1.29 bits per heavy atom. The number of aromatic carboxylic acids is 1. The van der Waals surface area contributed by atoms with E-state index in [1.165, 1.54) is 0 Å². The van der Waals surface area contributed by atoms with Gasteiger partial charge in [-0.3, -0.25) is 0 Å². The van der Waals surface area contributed by atoms with Crippen LogP contribution in [-0.4, -0.2) is 22.1 Å². The molecule has 0 atom stereocenters. The fraction of sp³-hybridized carbons (Fsp3) is 0.250. The van der Waals surface area contributed by atoms with E-state index in [2.05, 4.69) is 31.5 Å². The Labute approximate surface area is 137 Å². The molecule has 6 nitrogen and oxygen atoms in total. The first-order valence-electron chi connectivity index (χ1n) is 5.91. The van der Waals surface area contributed by atoms with Crippen molar-refractivity contribution >= 4 is 50.6 Å². The number of rotatable bonds is 5. The quantitative estimate of drug-likeness (QED) is 0.732. The molecule has 0 aromatic carbocycles. The summed E-state index contributed by atoms with van der Waals surface area (Å²) in [7, 11) is 0. The lowest BCUT2D eigenvalue weighted by Crippen LogP contribution is -2.34. The molecule has 0 aliphatic rings. The molecule has 3 N–H and O–H groups in total. The summed E-state index contributed by atoms with van der Waals surface area (Å²) in [6.07, 6.45) is 0. The summed E-state index contributed by atoms with van der Waals surface area (Å²) in [5, 5.41) is 14.9. The van der Waals surface area contributed by atoms with Gasteiger partial charge in [-0.2, -0.15) is 0 Å². The first kappa shape index (κ1) is 15.9. The highest BCUT2D eigenvalue weighted by atomic mass is 79.9. The summed E-state index contributed by atoms with van der Waals surface area (Å²) in [4.78, 5) is 27.9. The number of carbonyl (C=O) groups excluding carboxylic acids is 1. The maximum atomic E-state index is 11.7. The number of hydrogen-bond donors (Lipinski definition) is 3. The Balaban J connectivity index is 1.81. The Kier molecular flexibility index (Phi) is 5.32. The molecule has 0 bridgehead atoms. The molecule has 112 valence electrons. The lowest BCUT2D eigenvalue weighted by molar-refractivity contribution is 0.0701. The highest BCUT2D eigenvalue weighted by Crippen LogP contribution is 2.21. The van der Waals surface area contributed by atoms with Crippen molar-refractivity contribution in [3.63, 3.8) is 0 Å². The second-order valence-corrected chi connectivity index (χ2v) is 7.70. The van der Waals surface area contributed by atoms with Crippen LogP contribution < -0.4 is 10.6 Å². The molecular formula is C12H12BrN3O3S2. The second-order valence-electron chi connectivity index (χ2n) is 4.07. The third kappa shape index (κ3) is 4.51. The number of aromatic nitrogens is 1. The zero-order valence-corrected chi connectivity index (χ0v) is 14.2. The number of halogens is 1. The number of nitrogens with one attached hydrogen (secondary N) is 2. The van der Waals surface area contributed by atoms with Crippen LogP contribution in [0.3, 0.4) is 0 Å². The SMILES string of the molecule is Cc1nc(CNC(=O)NCc2ccc(Br)s2)sc1C(=O)O. The van der Waals surface area contributed by atoms with Gasteiger partial charge in [0.15, 0.2) is 0 Å². The molecule has 2 heterocycles. The zero-order valence-electron chi connectivity index (χ0n) is 11.0. The number of carboxylic acids is 1. The van der Waals surface area contributed by atoms with Crippen molar-refractivity contribution in [3.8, 4) is 0 Å². The van der Waals surface area contributed by atoms with E-state index >= 15 is 0 Å². The Hall–Kier alpha value is -1.45. The van der Waals surface area contributed by atoms with Crippen molar-refractivity contribution in [3.05, 3.63) is 36.4 Å². The number of hydrogen-bond acceptors (Lipinski definition) is 5. The molecule has 0 radical (unpaired) electrons. The first-order chi connectivity index (χ1) is 9.95. The number of aryl methyl sites for hydroxylation is 1. The third-order valence-electron chi connectivity index (χ3n) is 2.49. The number of amides is 2. The van der Waals surface area contributed by atoms with Gasteiger partial charge in [0.1, 0.15) is 9.88 Å². The van der Waals surface area contributed by atoms with Crippen LogP contribution in [0.25, 0.3) is 0 Å². The summed E-state index contributed by atoms with van der Waals surface area (Å²) in [6, 6.07) is 3.54. The predicted octanol–water partition coefficient (Wildman–Crippen LogP) is 2.97. The number of carbonyl (C=O) groups is 2. The number of carboxylic acid groups (broad SMARTS) is 1. The highest BCUT2D eigenvalue weighted by Gasteiger charge is 2.14. The van der Waals surface area contributed by atoms with Gasteiger partial charge in [-0.05, 0) is 35.0 Å². The largest absolute Gasteiger partial charge is 0.477 e. The molecule has 2 aromatic rings. The van der Waals surface area contributed by atoms with Gasteiger partial charge in [-0.15, -0.1) is 22.7 Å². The van der Waals surface area contributed by atoms with Crippen molar-refractivity contribution < 1.29 is 14.7 Å². The zero-order chi connectivity index (χ0) is 15.4. The fourth-order valence-corrected chi connectivity index (χ4v) is 3.82. The monoisotopic (exact) mass is 389 g/mol. The summed E-state index contributed by atoms with van der Waals surface area (Å²) >= 11 is 5.98. The van der Waals surface area contributed by atoms with Crippen molar-refractivity contribution in [2.24, 2.45) is 0 Å². The molecule has 0 saturated carbocycles. The van der Waals surface area contributed by atoms with Gasteiger partial charge in [-0.25, -0.2) is 14.6 Å². The van der Waals surface area contributed by atoms with Gasteiger partial charge in [0.2, 0.25) is 0 Å². The van der Waals surface area contributed by atoms with E-state index in [4.69, 9.17) is 5.11 Å². The summed E-state index contributed by atoms with van der Waals surface area (Å²) in [6.45, 7) is 2.29. The lowest BCUT2D eigenvalue weighted by Gasteiger charge is -2.04. The fourth-order valence-electron chi connectivity index (χ4n) is 1.56. The number of urea groups is 1. The van der Waals surface area contributed by atoms with Crippen LogP contribution in [0.1, 0.15) is 25.3 Å². The molecule has 0 aliphatic carbocycles. The van der Waals surface area contributed by atoms with Gasteiger partial charge in [0.05, 0.1) is 22.6 Å². The van der Waals surface area contributed by atoms with Crippen LogP contribution in [-0.2, 0) is 13.1 Å². The van der Waals surface area contributed by atoms with E-state index in [9.17, 15) is 9.59 Å². The van der Waals surface area contributed by atoms with Crippen LogP contribution >= 0.6 is 38.6 Å². The average Bonchev–Trinajstić information content (AvgIpc) is 3.00. The third-order valence-corrected chi connectivity index (χ3v) is 5.26. The number of nitrogens with zero attached hydrogens (tertiary/aromatic N) is 1. The molecule has 2 aromatic heterocycles. The summed E-state index contributed by atoms with van der Waals surface area (Å²) in [5.41, 5.74) is 0.466. The van der Waals surface area contributed by atoms with E-state index in [-0.39, 0.29) is 17.5 Å². The minimum Gasteiger partial charge on any atom is -0.477 e. The van der Waals surface area contributed by atoms with Crippen LogP contribution in [0, 0.1) is 6.92 Å². The Morgan fingerprint density at radius 3 is 2.57 bits per heavy atom. The predicted molar refractivity (Wildman–Crippen MR) is 84.9 cm³/mol. The van der Waals surface area contributed by atoms with Crippen molar-refractivity contribution in [1.82, 2.24) is 15.6 Å². The van der Waals surface area contributed by atoms with Crippen LogP contribution in [0.5, 0.6) is 0 Å². The normalized spacial score (nSPS) is 10.4. The van der Waals surface area contributed by atoms with Gasteiger partial charge in [0, 0.05) is 4.88 Å². The van der Waals surface area contributed by atoms with Crippen molar-refractivity contribution in [2.75, 3.05) is 0 Å². The van der Waals surface area contributed by atoms with Gasteiger partial charge >= 0.3 is 12.0 Å². The van der Waals surface area contributed by atoms with Crippen LogP contribution in [0.2, 0.25) is 0 Å². The number of thiophene rings is 1. The van der Waals surface area contributed by atoms with Gasteiger partial charge < -0.3 is 15.7 Å². The number of thiazole rings is 1. The van der Waals surface area contributed by atoms with E-state index in [0.717, 1.165) is 20.0 Å². The molecule has 0 aliphatic heterocycles. The van der Waals surface area contributed by atoms with E-state index < -0.39 is 5.97 Å². The molecule has 0 fully saturated rings. The standard InChI is InChI=1S/C12H12BrN3O3S2/c1-6-10(11(17)18)21-9(16-6)5-15-12(19)14-4-7-2-3-8(13)20-7/h2-3H,4-5H2,1H3,(H,17,18)(H2,14,15,19). The first-order valence-corrected chi connectivity index (χ1v) is 8.34. The minimum atomic E-state index is -0.996. The topological polar surface area (TPSA) is 91.3 Å². The van der Waals surface area contributed by atoms with Crippen molar-refractivity contribution in [2.45, 2.75) is 20.0 Å². The average molecular weight is 390 g/mol. The van der Waals surface area contributed by atoms with E-state index in [1.54, 1.807) is 18.3 Å². The van der Waals surface area contributed by atoms with Crippen molar-refractivity contribution in [1.29, 1.82) is 0 Å². The van der Waals surface area contributed by atoms with Crippen LogP contribution in [0.4, 0.5) is 4.79 Å². The molecule has 21 heavy (non-hydrogen) atoms. The second kappa shape index (κ2) is 7.01. The molecule has 9 heteroatoms. The van der Waals surface area contributed by atoms with Gasteiger partial charge in [-0.1, -0.05) is 0 Å².